The van der Waals surface area contributed by atoms with E-state index in [0.717, 1.165) is 6.42 Å². The molecule has 0 saturated carbocycles. The molecule has 5 nitrogen and oxygen atoms in total. The maximum atomic E-state index is 11.1. The summed E-state index contributed by atoms with van der Waals surface area (Å²) in [7, 11) is 0. The minimum atomic E-state index is -0.476. The maximum absolute atomic E-state index is 11.1. The van der Waals surface area contributed by atoms with Crippen LogP contribution >= 0.6 is 15.9 Å². The number of carbonyl (C=O) groups excluding carboxylic acids is 1. The molecule has 1 N–H and O–H groups in total. The lowest BCUT2D eigenvalue weighted by Gasteiger charge is -2.05. The van der Waals surface area contributed by atoms with Crippen molar-refractivity contribution in [1.29, 1.82) is 0 Å². The highest BCUT2D eigenvalue weighted by molar-refractivity contribution is 9.09. The summed E-state index contributed by atoms with van der Waals surface area (Å²) in [6, 6.07) is 0. The Bertz CT molecular complexity index is 263. The number of aromatic amines is 1. The molecule has 0 aliphatic carbocycles. The van der Waals surface area contributed by atoms with Gasteiger partial charge >= 0.3 is 5.97 Å². The first-order chi connectivity index (χ1) is 6.24. The first-order valence-corrected chi connectivity index (χ1v) is 4.82. The highest BCUT2D eigenvalue weighted by atomic mass is 79.9. The molecule has 0 aromatic carbocycles. The van der Waals surface area contributed by atoms with Crippen LogP contribution in [0.15, 0.2) is 6.33 Å². The summed E-state index contributed by atoms with van der Waals surface area (Å²) in [5.74, 6) is -0.341. The number of nitrogens with one attached hydrogen (secondary N) is 1. The number of nitrogens with zero attached hydrogens (tertiary/aromatic N) is 2. The molecule has 0 amide bonds. The summed E-state index contributed by atoms with van der Waals surface area (Å²) in [4.78, 5) is 15.0. The fourth-order valence-electron chi connectivity index (χ4n) is 0.656. The van der Waals surface area contributed by atoms with E-state index in [4.69, 9.17) is 4.74 Å². The SMILES string of the molecule is CCC(Br)COC(=O)c1ncn[nH]1. The third-order valence-corrected chi connectivity index (χ3v) is 2.36. The average Bonchev–Trinajstić information content (AvgIpc) is 2.66. The lowest BCUT2D eigenvalue weighted by molar-refractivity contribution is 0.0493. The molecule has 6 heteroatoms. The van der Waals surface area contributed by atoms with Gasteiger partial charge in [-0.2, -0.15) is 5.10 Å². The Hall–Kier alpha value is -0.910. The molecule has 0 aliphatic heterocycles. The molecular formula is C7H10BrN3O2. The Morgan fingerprint density at radius 2 is 2.62 bits per heavy atom. The van der Waals surface area contributed by atoms with E-state index in [2.05, 4.69) is 31.1 Å². The summed E-state index contributed by atoms with van der Waals surface area (Å²) in [5.41, 5.74) is 0. The minimum absolute atomic E-state index is 0.135. The van der Waals surface area contributed by atoms with Gasteiger partial charge in [0.25, 0.3) is 0 Å². The molecule has 1 heterocycles. The van der Waals surface area contributed by atoms with Crippen LogP contribution in [0.2, 0.25) is 0 Å². The Morgan fingerprint density at radius 3 is 3.15 bits per heavy atom. The van der Waals surface area contributed by atoms with E-state index in [1.807, 2.05) is 6.92 Å². The molecule has 0 fully saturated rings. The van der Waals surface area contributed by atoms with Gasteiger partial charge in [-0.15, -0.1) is 0 Å². The summed E-state index contributed by atoms with van der Waals surface area (Å²) in [5, 5.41) is 5.97. The van der Waals surface area contributed by atoms with Crippen LogP contribution in [-0.4, -0.2) is 32.6 Å². The summed E-state index contributed by atoms with van der Waals surface area (Å²) >= 11 is 3.35. The Morgan fingerprint density at radius 1 is 1.85 bits per heavy atom. The Kier molecular flexibility index (Phi) is 3.88. The number of hydrogen-bond donors (Lipinski definition) is 1. The van der Waals surface area contributed by atoms with Crippen LogP contribution < -0.4 is 0 Å². The van der Waals surface area contributed by atoms with Crippen molar-refractivity contribution in [2.45, 2.75) is 18.2 Å². The summed E-state index contributed by atoms with van der Waals surface area (Å²) in [6.07, 6.45) is 2.17. The summed E-state index contributed by atoms with van der Waals surface area (Å²) < 4.78 is 4.92. The number of carbonyl (C=O) groups is 1. The number of H-pyrrole nitrogens is 1. The lowest BCUT2D eigenvalue weighted by Crippen LogP contribution is -2.14. The van der Waals surface area contributed by atoms with Crippen LogP contribution in [0.3, 0.4) is 0 Å². The molecule has 0 aliphatic rings. The van der Waals surface area contributed by atoms with E-state index < -0.39 is 5.97 Å². The van der Waals surface area contributed by atoms with Crippen molar-refractivity contribution in [3.05, 3.63) is 12.2 Å². The van der Waals surface area contributed by atoms with E-state index in [1.165, 1.54) is 6.33 Å². The second-order valence-electron chi connectivity index (χ2n) is 2.44. The lowest BCUT2D eigenvalue weighted by atomic mass is 10.4. The molecular weight excluding hydrogens is 238 g/mol. The smallest absolute Gasteiger partial charge is 0.375 e. The maximum Gasteiger partial charge on any atom is 0.375 e. The van der Waals surface area contributed by atoms with Gasteiger partial charge in [-0.25, -0.2) is 9.78 Å². The normalized spacial score (nSPS) is 12.5. The monoisotopic (exact) mass is 247 g/mol. The molecule has 13 heavy (non-hydrogen) atoms. The quantitative estimate of drug-likeness (QED) is 0.640. The van der Waals surface area contributed by atoms with E-state index in [-0.39, 0.29) is 10.7 Å². The van der Waals surface area contributed by atoms with Gasteiger partial charge in [0.15, 0.2) is 0 Å². The molecule has 1 aromatic rings. The number of alkyl halides is 1. The van der Waals surface area contributed by atoms with Crippen molar-refractivity contribution < 1.29 is 9.53 Å². The Balaban J connectivity index is 2.35. The van der Waals surface area contributed by atoms with E-state index >= 15 is 0 Å². The van der Waals surface area contributed by atoms with Gasteiger partial charge < -0.3 is 4.74 Å². The molecule has 1 aromatic heterocycles. The van der Waals surface area contributed by atoms with Gasteiger partial charge in [0.1, 0.15) is 12.9 Å². The van der Waals surface area contributed by atoms with E-state index in [1.54, 1.807) is 0 Å². The van der Waals surface area contributed by atoms with Gasteiger partial charge in [-0.05, 0) is 6.42 Å². The number of aromatic nitrogens is 3. The number of hydrogen-bond acceptors (Lipinski definition) is 4. The second-order valence-corrected chi connectivity index (χ2v) is 3.73. The van der Waals surface area contributed by atoms with Crippen LogP contribution in [-0.2, 0) is 4.74 Å². The first-order valence-electron chi connectivity index (χ1n) is 3.90. The van der Waals surface area contributed by atoms with Gasteiger partial charge in [-0.3, -0.25) is 5.10 Å². The molecule has 0 spiro atoms. The number of rotatable bonds is 4. The molecule has 0 saturated heterocycles. The van der Waals surface area contributed by atoms with Crippen LogP contribution in [0, 0.1) is 0 Å². The predicted molar refractivity (Wildman–Crippen MR) is 49.7 cm³/mol. The van der Waals surface area contributed by atoms with Gasteiger partial charge in [-0.1, -0.05) is 22.9 Å². The third-order valence-electron chi connectivity index (χ3n) is 1.45. The van der Waals surface area contributed by atoms with Crippen LogP contribution in [0.1, 0.15) is 24.0 Å². The van der Waals surface area contributed by atoms with Crippen LogP contribution in [0.4, 0.5) is 0 Å². The molecule has 1 rings (SSSR count). The highest BCUT2D eigenvalue weighted by Crippen LogP contribution is 2.05. The second kappa shape index (κ2) is 4.96. The number of halogens is 1. The number of ether oxygens (including phenoxy) is 1. The van der Waals surface area contributed by atoms with Crippen molar-refractivity contribution in [1.82, 2.24) is 15.2 Å². The zero-order valence-corrected chi connectivity index (χ0v) is 8.74. The first kappa shape index (κ1) is 10.2. The standard InChI is InChI=1S/C7H10BrN3O2/c1-2-5(8)3-13-7(12)6-9-4-10-11-6/h4-5H,2-3H2,1H3,(H,9,10,11). The molecule has 72 valence electrons. The molecule has 0 bridgehead atoms. The van der Waals surface area contributed by atoms with Crippen molar-refractivity contribution in [3.63, 3.8) is 0 Å². The fourth-order valence-corrected chi connectivity index (χ4v) is 0.788. The Labute approximate surface area is 84.0 Å². The van der Waals surface area contributed by atoms with Crippen molar-refractivity contribution in [2.75, 3.05) is 6.61 Å². The third kappa shape index (κ3) is 3.14. The van der Waals surface area contributed by atoms with Gasteiger partial charge in [0, 0.05) is 4.83 Å². The van der Waals surface area contributed by atoms with Crippen LogP contribution in [0.5, 0.6) is 0 Å². The highest BCUT2D eigenvalue weighted by Gasteiger charge is 2.11. The molecule has 1 atom stereocenters. The van der Waals surface area contributed by atoms with Crippen molar-refractivity contribution >= 4 is 21.9 Å². The largest absolute Gasteiger partial charge is 0.459 e. The van der Waals surface area contributed by atoms with Crippen LogP contribution in [0.25, 0.3) is 0 Å². The topological polar surface area (TPSA) is 67.9 Å². The molecule has 0 radical (unpaired) electrons. The summed E-state index contributed by atoms with van der Waals surface area (Å²) in [6.45, 7) is 2.34. The van der Waals surface area contributed by atoms with Crippen molar-refractivity contribution in [3.8, 4) is 0 Å². The fraction of sp³-hybridized carbons (Fsp3) is 0.571. The zero-order chi connectivity index (χ0) is 9.68. The van der Waals surface area contributed by atoms with Gasteiger partial charge in [0.2, 0.25) is 5.82 Å². The predicted octanol–water partition coefficient (Wildman–Crippen LogP) is 1.14. The zero-order valence-electron chi connectivity index (χ0n) is 7.16. The van der Waals surface area contributed by atoms with Gasteiger partial charge in [0.05, 0.1) is 0 Å². The minimum Gasteiger partial charge on any atom is -0.459 e. The van der Waals surface area contributed by atoms with E-state index in [0.29, 0.717) is 6.61 Å². The van der Waals surface area contributed by atoms with E-state index in [9.17, 15) is 4.79 Å². The van der Waals surface area contributed by atoms with Crippen molar-refractivity contribution in [2.24, 2.45) is 0 Å². The molecule has 1 unspecified atom stereocenters. The average molecular weight is 248 g/mol. The number of esters is 1.